The molecule has 1 amide bonds. The third-order valence-corrected chi connectivity index (χ3v) is 5.58. The number of rotatable bonds is 10. The number of fused-ring (bicyclic) bond motifs is 1. The van der Waals surface area contributed by atoms with Gasteiger partial charge < -0.3 is 15.8 Å². The van der Waals surface area contributed by atoms with Crippen LogP contribution in [0.5, 0.6) is 5.75 Å². The van der Waals surface area contributed by atoms with E-state index in [4.69, 9.17) is 10.5 Å². The van der Waals surface area contributed by atoms with Crippen molar-refractivity contribution in [3.05, 3.63) is 66.0 Å². The van der Waals surface area contributed by atoms with Crippen LogP contribution in [-0.4, -0.2) is 63.6 Å². The van der Waals surface area contributed by atoms with Crippen molar-refractivity contribution in [1.29, 1.82) is 0 Å². The van der Waals surface area contributed by atoms with E-state index >= 15 is 0 Å². The topological polar surface area (TPSA) is 156 Å². The number of alkyl halides is 2. The summed E-state index contributed by atoms with van der Waals surface area (Å²) in [4.78, 5) is 18.8. The first-order valence-electron chi connectivity index (χ1n) is 11.7. The number of aryl methyl sites for hydroxylation is 1. The van der Waals surface area contributed by atoms with Gasteiger partial charge in [0.15, 0.2) is 11.5 Å². The SMILES string of the molecule is CCc1ccc(OC(F)F)c(-c2nn(Cc3nnn(CCN)n3)cc2NC(=O)c2cnn3cccnc23)c1. The number of aromatic nitrogens is 9. The molecule has 4 aromatic heterocycles. The van der Waals surface area contributed by atoms with Gasteiger partial charge >= 0.3 is 6.61 Å². The van der Waals surface area contributed by atoms with Crippen molar-refractivity contribution >= 4 is 17.2 Å². The number of nitrogens with two attached hydrogens (primary N) is 1. The summed E-state index contributed by atoms with van der Waals surface area (Å²) >= 11 is 0. The highest BCUT2D eigenvalue weighted by atomic mass is 19.3. The quantitative estimate of drug-likeness (QED) is 0.279. The van der Waals surface area contributed by atoms with Gasteiger partial charge in [-0.1, -0.05) is 13.0 Å². The molecule has 0 bridgehead atoms. The highest BCUT2D eigenvalue weighted by molar-refractivity contribution is 6.09. The third kappa shape index (κ3) is 5.17. The molecule has 5 aromatic rings. The molecule has 3 N–H and O–H groups in total. The van der Waals surface area contributed by atoms with E-state index < -0.39 is 12.5 Å². The molecule has 5 rings (SSSR count). The van der Waals surface area contributed by atoms with Crippen molar-refractivity contribution in [2.45, 2.75) is 33.0 Å². The number of carbonyl (C=O) groups excluding carboxylic acids is 1. The zero-order chi connectivity index (χ0) is 26.6. The predicted octanol–water partition coefficient (Wildman–Crippen LogP) is 2.00. The van der Waals surface area contributed by atoms with Gasteiger partial charge in [-0.3, -0.25) is 9.48 Å². The number of anilines is 1. The Kier molecular flexibility index (Phi) is 6.99. The second-order valence-corrected chi connectivity index (χ2v) is 8.14. The maximum Gasteiger partial charge on any atom is 0.387 e. The summed E-state index contributed by atoms with van der Waals surface area (Å²) in [5.74, 6) is -0.235. The average molecular weight is 524 g/mol. The van der Waals surface area contributed by atoms with Gasteiger partial charge in [-0.15, -0.1) is 10.2 Å². The molecule has 0 atom stereocenters. The molecule has 0 saturated heterocycles. The molecule has 196 valence electrons. The van der Waals surface area contributed by atoms with Crippen LogP contribution in [0.4, 0.5) is 14.5 Å². The lowest BCUT2D eigenvalue weighted by Gasteiger charge is -2.12. The van der Waals surface area contributed by atoms with Crippen LogP contribution in [-0.2, 0) is 19.5 Å². The molecule has 0 saturated carbocycles. The molecule has 0 unspecified atom stereocenters. The van der Waals surface area contributed by atoms with Crippen molar-refractivity contribution in [3.8, 4) is 17.0 Å². The first-order valence-corrected chi connectivity index (χ1v) is 11.7. The van der Waals surface area contributed by atoms with Crippen LogP contribution >= 0.6 is 0 Å². The Hall–Kier alpha value is -4.79. The summed E-state index contributed by atoms with van der Waals surface area (Å²) in [7, 11) is 0. The Bertz CT molecular complexity index is 1580. The molecule has 1 aromatic carbocycles. The van der Waals surface area contributed by atoms with Crippen LogP contribution in [0.3, 0.4) is 0 Å². The van der Waals surface area contributed by atoms with E-state index in [1.165, 1.54) is 26.3 Å². The van der Waals surface area contributed by atoms with Gasteiger partial charge in [-0.25, -0.2) is 9.50 Å². The van der Waals surface area contributed by atoms with E-state index in [0.717, 1.165) is 5.56 Å². The number of benzene rings is 1. The Balaban J connectivity index is 1.55. The maximum absolute atomic E-state index is 13.3. The minimum Gasteiger partial charge on any atom is -0.434 e. The Morgan fingerprint density at radius 3 is 2.92 bits per heavy atom. The average Bonchev–Trinajstić information content (AvgIpc) is 3.63. The minimum atomic E-state index is -3.05. The molecular formula is C23H23F2N11O2. The van der Waals surface area contributed by atoms with Crippen LogP contribution in [0.15, 0.2) is 49.1 Å². The summed E-state index contributed by atoms with van der Waals surface area (Å²) in [5.41, 5.74) is 7.76. The summed E-state index contributed by atoms with van der Waals surface area (Å²) in [6.07, 6.45) is 6.81. The lowest BCUT2D eigenvalue weighted by atomic mass is 10.0. The van der Waals surface area contributed by atoms with Crippen LogP contribution in [0.1, 0.15) is 28.7 Å². The summed E-state index contributed by atoms with van der Waals surface area (Å²) in [5, 5.41) is 23.7. The van der Waals surface area contributed by atoms with Crippen molar-refractivity contribution in [1.82, 2.24) is 44.6 Å². The molecule has 4 heterocycles. The normalized spacial score (nSPS) is 11.4. The number of amides is 1. The molecule has 13 nitrogen and oxygen atoms in total. The smallest absolute Gasteiger partial charge is 0.387 e. The first kappa shape index (κ1) is 24.9. The van der Waals surface area contributed by atoms with Gasteiger partial charge in [-0.2, -0.15) is 23.8 Å². The minimum absolute atomic E-state index is 0.0809. The van der Waals surface area contributed by atoms with Gasteiger partial charge in [0, 0.05) is 30.7 Å². The number of nitrogens with one attached hydrogen (secondary N) is 1. The van der Waals surface area contributed by atoms with Gasteiger partial charge in [0.25, 0.3) is 5.91 Å². The summed E-state index contributed by atoms with van der Waals surface area (Å²) in [6, 6.07) is 6.54. The van der Waals surface area contributed by atoms with Gasteiger partial charge in [0.1, 0.15) is 23.6 Å². The second kappa shape index (κ2) is 10.7. The molecule has 0 fully saturated rings. The van der Waals surface area contributed by atoms with Crippen molar-refractivity contribution in [2.75, 3.05) is 11.9 Å². The highest BCUT2D eigenvalue weighted by Crippen LogP contribution is 2.36. The van der Waals surface area contributed by atoms with Crippen molar-refractivity contribution < 1.29 is 18.3 Å². The summed E-state index contributed by atoms with van der Waals surface area (Å²) in [6.45, 7) is -0.276. The van der Waals surface area contributed by atoms with Crippen LogP contribution in [0, 0.1) is 0 Å². The van der Waals surface area contributed by atoms with E-state index in [1.807, 2.05) is 6.92 Å². The van der Waals surface area contributed by atoms with Crippen LogP contribution in [0.2, 0.25) is 0 Å². The van der Waals surface area contributed by atoms with E-state index in [1.54, 1.807) is 36.8 Å². The zero-order valence-electron chi connectivity index (χ0n) is 20.2. The number of hydrogen-bond acceptors (Lipinski definition) is 9. The molecule has 0 spiro atoms. The standard InChI is InChI=1S/C23H23F2N11O2/c1-2-14-4-5-18(38-23(24)25)15(10-14)20-17(12-34(32-20)13-19-30-33-36(31-19)9-6-26)29-22(37)16-11-28-35-8-3-7-27-21(16)35/h3-5,7-8,10-12,23H,2,6,9,13,26H2,1H3,(H,29,37). The maximum atomic E-state index is 13.3. The van der Waals surface area contributed by atoms with Crippen molar-refractivity contribution in [2.24, 2.45) is 5.73 Å². The highest BCUT2D eigenvalue weighted by Gasteiger charge is 2.22. The lowest BCUT2D eigenvalue weighted by molar-refractivity contribution is -0.0494. The molecule has 0 aliphatic rings. The van der Waals surface area contributed by atoms with Gasteiger partial charge in [-0.05, 0) is 35.4 Å². The van der Waals surface area contributed by atoms with E-state index in [-0.39, 0.29) is 34.8 Å². The van der Waals surface area contributed by atoms with Gasteiger partial charge in [0.05, 0.1) is 18.4 Å². The van der Waals surface area contributed by atoms with Crippen LogP contribution in [0.25, 0.3) is 16.9 Å². The molecule has 15 heteroatoms. The summed E-state index contributed by atoms with van der Waals surface area (Å²) < 4.78 is 34.2. The number of hydrogen-bond donors (Lipinski definition) is 2. The lowest BCUT2D eigenvalue weighted by Crippen LogP contribution is -2.13. The van der Waals surface area contributed by atoms with E-state index in [2.05, 4.69) is 35.9 Å². The van der Waals surface area contributed by atoms with Crippen molar-refractivity contribution in [3.63, 3.8) is 0 Å². The third-order valence-electron chi connectivity index (χ3n) is 5.58. The molecule has 0 aliphatic heterocycles. The fourth-order valence-electron chi connectivity index (χ4n) is 3.85. The number of halogens is 2. The van der Waals surface area contributed by atoms with Crippen LogP contribution < -0.4 is 15.8 Å². The molecule has 0 aliphatic carbocycles. The number of nitrogens with zero attached hydrogens (tertiary/aromatic N) is 9. The Labute approximate surface area is 214 Å². The fraction of sp³-hybridized carbons (Fsp3) is 0.261. The fourth-order valence-corrected chi connectivity index (χ4v) is 3.85. The molecular weight excluding hydrogens is 500 g/mol. The van der Waals surface area contributed by atoms with Gasteiger partial charge in [0.2, 0.25) is 0 Å². The zero-order valence-corrected chi connectivity index (χ0v) is 20.2. The van der Waals surface area contributed by atoms with E-state index in [9.17, 15) is 13.6 Å². The number of ether oxygens (including phenoxy) is 1. The Morgan fingerprint density at radius 1 is 1.26 bits per heavy atom. The Morgan fingerprint density at radius 2 is 2.13 bits per heavy atom. The van der Waals surface area contributed by atoms with E-state index in [0.29, 0.717) is 31.0 Å². The monoisotopic (exact) mass is 523 g/mol. The molecule has 38 heavy (non-hydrogen) atoms. The largest absolute Gasteiger partial charge is 0.434 e. The molecule has 0 radical (unpaired) electrons. The number of carbonyl (C=O) groups is 1. The first-order chi connectivity index (χ1) is 18.4. The second-order valence-electron chi connectivity index (χ2n) is 8.14. The number of tetrazole rings is 1. The predicted molar refractivity (Wildman–Crippen MR) is 131 cm³/mol.